The molecule has 0 fully saturated rings. The summed E-state index contributed by atoms with van der Waals surface area (Å²) in [6, 6.07) is 10.7. The largest absolute Gasteiger partial charge is 0.435 e. The topological polar surface area (TPSA) is 21.3 Å². The van der Waals surface area contributed by atoms with E-state index in [2.05, 4.69) is 10.1 Å². The number of benzene rings is 1. The van der Waals surface area contributed by atoms with E-state index in [-0.39, 0.29) is 11.8 Å². The van der Waals surface area contributed by atoms with Crippen molar-refractivity contribution in [3.05, 3.63) is 46.7 Å². The van der Waals surface area contributed by atoms with Gasteiger partial charge < -0.3 is 10.1 Å². The maximum Gasteiger partial charge on any atom is 0.387 e. The summed E-state index contributed by atoms with van der Waals surface area (Å²) in [6.45, 7) is -0.776. The predicted octanol–water partition coefficient (Wildman–Crippen LogP) is 4.52. The summed E-state index contributed by atoms with van der Waals surface area (Å²) >= 11 is 1.65. The fraction of sp³-hybridized carbons (Fsp3) is 0.231. The van der Waals surface area contributed by atoms with Gasteiger partial charge in [0, 0.05) is 16.6 Å². The lowest BCUT2D eigenvalue weighted by Crippen LogP contribution is -2.06. The molecule has 0 aliphatic carbocycles. The summed E-state index contributed by atoms with van der Waals surface area (Å²) < 4.78 is 28.6. The highest BCUT2D eigenvalue weighted by molar-refractivity contribution is 7.10. The monoisotopic (exact) mass is 269 g/mol. The Bertz CT molecular complexity index is 487. The number of ether oxygens (including phenoxy) is 1. The molecule has 0 spiro atoms. The van der Waals surface area contributed by atoms with Gasteiger partial charge in [0.05, 0.1) is 6.04 Å². The number of nitrogens with one attached hydrogen (secondary N) is 1. The molecule has 96 valence electrons. The molecule has 1 atom stereocenters. The van der Waals surface area contributed by atoms with E-state index in [1.165, 1.54) is 10.9 Å². The quantitative estimate of drug-likeness (QED) is 0.861. The molecule has 2 nitrogen and oxygen atoms in total. The molecule has 0 radical (unpaired) electrons. The molecule has 0 saturated carbocycles. The molecular formula is C13H13F2NOS. The number of thiophene rings is 1. The first-order valence-corrected chi connectivity index (χ1v) is 6.38. The van der Waals surface area contributed by atoms with Crippen LogP contribution >= 0.6 is 11.3 Å². The van der Waals surface area contributed by atoms with Crippen LogP contribution < -0.4 is 10.1 Å². The van der Waals surface area contributed by atoms with Gasteiger partial charge in [0.1, 0.15) is 5.75 Å². The molecule has 0 aliphatic heterocycles. The van der Waals surface area contributed by atoms with Crippen LogP contribution in [-0.4, -0.2) is 6.61 Å². The zero-order valence-corrected chi connectivity index (χ0v) is 10.6. The van der Waals surface area contributed by atoms with Gasteiger partial charge in [-0.05, 0) is 30.5 Å². The van der Waals surface area contributed by atoms with Crippen molar-refractivity contribution in [2.45, 2.75) is 19.6 Å². The molecule has 2 aromatic rings. The Morgan fingerprint density at radius 2 is 2.06 bits per heavy atom. The Hall–Kier alpha value is -1.62. The van der Waals surface area contributed by atoms with Crippen LogP contribution in [0.25, 0.3) is 0 Å². The van der Waals surface area contributed by atoms with Crippen molar-refractivity contribution < 1.29 is 13.5 Å². The second-order valence-electron chi connectivity index (χ2n) is 3.79. The third-order valence-corrected chi connectivity index (χ3v) is 3.47. The van der Waals surface area contributed by atoms with Crippen LogP contribution in [0.2, 0.25) is 0 Å². The first-order chi connectivity index (χ1) is 8.65. The van der Waals surface area contributed by atoms with E-state index < -0.39 is 6.61 Å². The van der Waals surface area contributed by atoms with Crippen molar-refractivity contribution >= 4 is 17.0 Å². The van der Waals surface area contributed by atoms with Gasteiger partial charge in [-0.15, -0.1) is 11.3 Å². The Morgan fingerprint density at radius 3 is 2.72 bits per heavy atom. The van der Waals surface area contributed by atoms with Crippen molar-refractivity contribution in [2.75, 3.05) is 5.32 Å². The first kappa shape index (κ1) is 12.8. The lowest BCUT2D eigenvalue weighted by Gasteiger charge is -2.14. The van der Waals surface area contributed by atoms with E-state index in [1.54, 1.807) is 23.5 Å². The van der Waals surface area contributed by atoms with Crippen LogP contribution in [-0.2, 0) is 0 Å². The van der Waals surface area contributed by atoms with Crippen molar-refractivity contribution in [2.24, 2.45) is 0 Å². The van der Waals surface area contributed by atoms with Gasteiger partial charge in [-0.2, -0.15) is 8.78 Å². The summed E-state index contributed by atoms with van der Waals surface area (Å²) in [5.41, 5.74) is 0.758. The number of rotatable bonds is 5. The van der Waals surface area contributed by atoms with Crippen LogP contribution in [0.3, 0.4) is 0 Å². The van der Waals surface area contributed by atoms with Gasteiger partial charge in [-0.1, -0.05) is 12.1 Å². The van der Waals surface area contributed by atoms with Crippen LogP contribution in [0.5, 0.6) is 5.75 Å². The number of hydrogen-bond donors (Lipinski definition) is 1. The first-order valence-electron chi connectivity index (χ1n) is 5.50. The van der Waals surface area contributed by atoms with Gasteiger partial charge in [0.25, 0.3) is 0 Å². The highest BCUT2D eigenvalue weighted by atomic mass is 32.1. The van der Waals surface area contributed by atoms with E-state index >= 15 is 0 Å². The molecule has 0 bridgehead atoms. The minimum absolute atomic E-state index is 0.131. The smallest absolute Gasteiger partial charge is 0.387 e. The minimum Gasteiger partial charge on any atom is -0.435 e. The predicted molar refractivity (Wildman–Crippen MR) is 69.4 cm³/mol. The molecule has 2 rings (SSSR count). The highest BCUT2D eigenvalue weighted by Crippen LogP contribution is 2.25. The van der Waals surface area contributed by atoms with Crippen molar-refractivity contribution in [1.29, 1.82) is 0 Å². The van der Waals surface area contributed by atoms with E-state index in [9.17, 15) is 8.78 Å². The van der Waals surface area contributed by atoms with E-state index in [0.717, 1.165) is 5.69 Å². The molecule has 1 N–H and O–H groups in total. The van der Waals surface area contributed by atoms with E-state index in [1.807, 2.05) is 30.5 Å². The summed E-state index contributed by atoms with van der Waals surface area (Å²) in [5, 5.41) is 5.25. The van der Waals surface area contributed by atoms with Crippen LogP contribution in [0.4, 0.5) is 14.5 Å². The average Bonchev–Trinajstić information content (AvgIpc) is 2.81. The van der Waals surface area contributed by atoms with Crippen LogP contribution in [0.1, 0.15) is 17.8 Å². The van der Waals surface area contributed by atoms with Gasteiger partial charge in [-0.3, -0.25) is 0 Å². The summed E-state index contributed by atoms with van der Waals surface area (Å²) in [5.74, 6) is 0.161. The van der Waals surface area contributed by atoms with E-state index in [4.69, 9.17) is 0 Å². The SMILES string of the molecule is CC(Nc1cccc(OC(F)F)c1)c1cccs1. The molecule has 0 saturated heterocycles. The second-order valence-corrected chi connectivity index (χ2v) is 4.77. The average molecular weight is 269 g/mol. The molecule has 0 aliphatic rings. The third-order valence-electron chi connectivity index (χ3n) is 2.41. The molecule has 1 aromatic carbocycles. The van der Waals surface area contributed by atoms with Gasteiger partial charge in [0.2, 0.25) is 0 Å². The van der Waals surface area contributed by atoms with Crippen LogP contribution in [0, 0.1) is 0 Å². The summed E-state index contributed by atoms with van der Waals surface area (Å²) in [4.78, 5) is 1.19. The zero-order chi connectivity index (χ0) is 13.0. The molecule has 5 heteroatoms. The molecule has 1 unspecified atom stereocenters. The lowest BCUT2D eigenvalue weighted by molar-refractivity contribution is -0.0498. The molecule has 0 amide bonds. The van der Waals surface area contributed by atoms with Gasteiger partial charge >= 0.3 is 6.61 Å². The minimum atomic E-state index is -2.80. The fourth-order valence-corrected chi connectivity index (χ4v) is 2.36. The highest BCUT2D eigenvalue weighted by Gasteiger charge is 2.08. The Kier molecular flexibility index (Phi) is 4.15. The van der Waals surface area contributed by atoms with Crippen molar-refractivity contribution in [3.63, 3.8) is 0 Å². The Balaban J connectivity index is 2.05. The molecule has 18 heavy (non-hydrogen) atoms. The zero-order valence-electron chi connectivity index (χ0n) is 9.77. The fourth-order valence-electron chi connectivity index (χ4n) is 1.62. The van der Waals surface area contributed by atoms with Crippen molar-refractivity contribution in [1.82, 2.24) is 0 Å². The van der Waals surface area contributed by atoms with Gasteiger partial charge in [0.15, 0.2) is 0 Å². The summed E-state index contributed by atoms with van der Waals surface area (Å²) in [7, 11) is 0. The molecular weight excluding hydrogens is 256 g/mol. The summed E-state index contributed by atoms with van der Waals surface area (Å²) in [6.07, 6.45) is 0. The van der Waals surface area contributed by atoms with Gasteiger partial charge in [-0.25, -0.2) is 0 Å². The number of hydrogen-bond acceptors (Lipinski definition) is 3. The lowest BCUT2D eigenvalue weighted by atomic mass is 10.2. The molecule has 1 aromatic heterocycles. The third kappa shape index (κ3) is 3.43. The second kappa shape index (κ2) is 5.82. The van der Waals surface area contributed by atoms with Crippen LogP contribution in [0.15, 0.2) is 41.8 Å². The Labute approximate surface area is 108 Å². The normalized spacial score (nSPS) is 12.4. The standard InChI is InChI=1S/C13H13F2NOS/c1-9(12-6-3-7-18-12)16-10-4-2-5-11(8-10)17-13(14)15/h2-9,13,16H,1H3. The van der Waals surface area contributed by atoms with E-state index in [0.29, 0.717) is 0 Å². The number of anilines is 1. The van der Waals surface area contributed by atoms with Crippen molar-refractivity contribution in [3.8, 4) is 5.75 Å². The number of alkyl halides is 2. The Morgan fingerprint density at radius 1 is 1.22 bits per heavy atom. The molecule has 1 heterocycles. The number of halogens is 2. The maximum absolute atomic E-state index is 12.1. The maximum atomic E-state index is 12.1.